The van der Waals surface area contributed by atoms with Crippen LogP contribution in [0.4, 0.5) is 17.6 Å². The summed E-state index contributed by atoms with van der Waals surface area (Å²) in [6.45, 7) is -0.0422. The highest BCUT2D eigenvalue weighted by Gasteiger charge is 2.33. The molecule has 0 aliphatic carbocycles. The molecule has 4 rings (SSSR count). The number of hydrogen-bond acceptors (Lipinski definition) is 3. The van der Waals surface area contributed by atoms with E-state index in [1.807, 2.05) is 0 Å². The summed E-state index contributed by atoms with van der Waals surface area (Å²) in [6, 6.07) is 3.18. The zero-order valence-corrected chi connectivity index (χ0v) is 16.1. The Kier molecular flexibility index (Phi) is 5.05. The van der Waals surface area contributed by atoms with Crippen LogP contribution in [-0.2, 0) is 17.5 Å². The largest absolute Gasteiger partial charge is 0.417 e. The van der Waals surface area contributed by atoms with Crippen molar-refractivity contribution in [2.75, 3.05) is 13.1 Å². The molecule has 3 aromatic rings. The molecule has 1 aliphatic rings. The fourth-order valence-electron chi connectivity index (χ4n) is 3.50. The zero-order valence-electron chi connectivity index (χ0n) is 15.3. The molecule has 0 spiro atoms. The van der Waals surface area contributed by atoms with Crippen molar-refractivity contribution in [1.29, 1.82) is 0 Å². The normalized spacial score (nSPS) is 17.1. The first-order chi connectivity index (χ1) is 14.1. The summed E-state index contributed by atoms with van der Waals surface area (Å²) in [5, 5.41) is -0.380. The molecule has 1 fully saturated rings. The number of nitrogens with zero attached hydrogens (tertiary/aromatic N) is 3. The Labute approximate surface area is 172 Å². The predicted octanol–water partition coefficient (Wildman–Crippen LogP) is 3.63. The number of rotatable bonds is 3. The number of aromatic nitrogens is 3. The number of benzene rings is 1. The third-order valence-electron chi connectivity index (χ3n) is 5.03. The number of hydrogen-bond donors (Lipinski definition) is 1. The van der Waals surface area contributed by atoms with Gasteiger partial charge in [-0.15, -0.1) is 0 Å². The van der Waals surface area contributed by atoms with E-state index in [9.17, 15) is 27.2 Å². The van der Waals surface area contributed by atoms with Gasteiger partial charge in [0.25, 0.3) is 5.56 Å². The maximum Gasteiger partial charge on any atom is 0.417 e. The molecule has 1 amide bonds. The Bertz CT molecular complexity index is 1190. The van der Waals surface area contributed by atoms with Gasteiger partial charge in [-0.2, -0.15) is 13.2 Å². The Morgan fingerprint density at radius 2 is 2.10 bits per heavy atom. The van der Waals surface area contributed by atoms with Crippen LogP contribution in [0.15, 0.2) is 35.5 Å². The van der Waals surface area contributed by atoms with Crippen LogP contribution < -0.4 is 5.56 Å². The molecule has 1 unspecified atom stereocenters. The third kappa shape index (κ3) is 3.67. The summed E-state index contributed by atoms with van der Waals surface area (Å²) in [4.78, 5) is 33.6. The lowest BCUT2D eigenvalue weighted by Crippen LogP contribution is -2.35. The quantitative estimate of drug-likeness (QED) is 0.630. The second-order valence-electron chi connectivity index (χ2n) is 7.02. The van der Waals surface area contributed by atoms with Crippen LogP contribution in [0.5, 0.6) is 0 Å². The van der Waals surface area contributed by atoms with Gasteiger partial charge in [0.2, 0.25) is 5.91 Å². The van der Waals surface area contributed by atoms with E-state index in [0.29, 0.717) is 11.1 Å². The van der Waals surface area contributed by atoms with Crippen molar-refractivity contribution in [2.24, 2.45) is 0 Å². The van der Waals surface area contributed by atoms with Gasteiger partial charge in [0.05, 0.1) is 22.5 Å². The average molecular weight is 443 g/mol. The molecule has 30 heavy (non-hydrogen) atoms. The second-order valence-corrected chi connectivity index (χ2v) is 7.43. The molecule has 2 aromatic heterocycles. The first kappa shape index (κ1) is 20.4. The maximum absolute atomic E-state index is 13.3. The first-order valence-corrected chi connectivity index (χ1v) is 9.38. The van der Waals surface area contributed by atoms with Crippen molar-refractivity contribution in [1.82, 2.24) is 19.4 Å². The van der Waals surface area contributed by atoms with E-state index >= 15 is 0 Å². The Morgan fingerprint density at radius 3 is 2.73 bits per heavy atom. The van der Waals surface area contributed by atoms with Crippen molar-refractivity contribution in [3.8, 4) is 11.1 Å². The molecule has 0 bridgehead atoms. The number of fused-ring (bicyclic) bond motifs is 1. The first-order valence-electron chi connectivity index (χ1n) is 9.00. The molecule has 1 aromatic carbocycles. The Balaban J connectivity index is 1.71. The monoisotopic (exact) mass is 442 g/mol. The van der Waals surface area contributed by atoms with Crippen molar-refractivity contribution in [3.63, 3.8) is 0 Å². The number of aromatic amines is 1. The van der Waals surface area contributed by atoms with Gasteiger partial charge in [0.1, 0.15) is 24.7 Å². The number of carbonyl (C=O) groups is 1. The number of likely N-dealkylation sites (tertiary alicyclic amines) is 1. The molecule has 1 atom stereocenters. The lowest BCUT2D eigenvalue weighted by atomic mass is 10.0. The lowest BCUT2D eigenvalue weighted by Gasteiger charge is -2.15. The van der Waals surface area contributed by atoms with Gasteiger partial charge in [-0.3, -0.25) is 14.2 Å². The summed E-state index contributed by atoms with van der Waals surface area (Å²) in [5.41, 5.74) is -0.700. The van der Waals surface area contributed by atoms with Crippen LogP contribution >= 0.6 is 11.6 Å². The number of nitrogens with one attached hydrogen (secondary N) is 1. The molecule has 1 N–H and O–H groups in total. The fourth-order valence-corrected chi connectivity index (χ4v) is 3.78. The lowest BCUT2D eigenvalue weighted by molar-refractivity contribution is -0.137. The highest BCUT2D eigenvalue weighted by atomic mass is 35.5. The third-order valence-corrected chi connectivity index (χ3v) is 5.35. The second kappa shape index (κ2) is 7.42. The van der Waals surface area contributed by atoms with Crippen molar-refractivity contribution in [2.45, 2.75) is 25.3 Å². The molecule has 1 aliphatic heterocycles. The molecule has 0 saturated carbocycles. The molecular weight excluding hydrogens is 428 g/mol. The van der Waals surface area contributed by atoms with Crippen molar-refractivity contribution >= 4 is 28.5 Å². The van der Waals surface area contributed by atoms with E-state index in [2.05, 4.69) is 9.97 Å². The molecule has 11 heteroatoms. The van der Waals surface area contributed by atoms with Crippen LogP contribution in [0.2, 0.25) is 5.02 Å². The summed E-state index contributed by atoms with van der Waals surface area (Å²) in [5.74, 6) is -0.409. The van der Waals surface area contributed by atoms with Crippen LogP contribution in [0, 0.1) is 0 Å². The van der Waals surface area contributed by atoms with E-state index < -0.39 is 34.4 Å². The van der Waals surface area contributed by atoms with E-state index in [-0.39, 0.29) is 37.1 Å². The number of H-pyrrole nitrogens is 1. The number of alkyl halides is 4. The summed E-state index contributed by atoms with van der Waals surface area (Å²) in [7, 11) is 0. The zero-order chi connectivity index (χ0) is 21.6. The number of halogens is 5. The number of amides is 1. The molecule has 0 radical (unpaired) electrons. The van der Waals surface area contributed by atoms with E-state index in [4.69, 9.17) is 11.6 Å². The molecule has 3 heterocycles. The van der Waals surface area contributed by atoms with Crippen LogP contribution in [0.3, 0.4) is 0 Å². The van der Waals surface area contributed by atoms with Gasteiger partial charge in [-0.05, 0) is 24.1 Å². The van der Waals surface area contributed by atoms with Gasteiger partial charge in [0.15, 0.2) is 0 Å². The number of carbonyl (C=O) groups excluding carboxylic acids is 1. The van der Waals surface area contributed by atoms with Crippen LogP contribution in [-0.4, -0.2) is 44.6 Å². The van der Waals surface area contributed by atoms with Crippen molar-refractivity contribution in [3.05, 3.63) is 51.7 Å². The summed E-state index contributed by atoms with van der Waals surface area (Å²) in [6.07, 6.45) is -2.77. The maximum atomic E-state index is 13.3. The fraction of sp³-hybridized carbons (Fsp3) is 0.316. The van der Waals surface area contributed by atoms with E-state index in [0.717, 1.165) is 16.7 Å². The van der Waals surface area contributed by atoms with E-state index in [1.54, 1.807) is 0 Å². The predicted molar refractivity (Wildman–Crippen MR) is 102 cm³/mol. The minimum Gasteiger partial charge on any atom is -0.345 e. The molecule has 1 saturated heterocycles. The van der Waals surface area contributed by atoms with Crippen LogP contribution in [0.25, 0.3) is 22.2 Å². The van der Waals surface area contributed by atoms with E-state index in [1.165, 1.54) is 23.5 Å². The Morgan fingerprint density at radius 1 is 1.33 bits per heavy atom. The summed E-state index contributed by atoms with van der Waals surface area (Å²) >= 11 is 5.80. The van der Waals surface area contributed by atoms with Gasteiger partial charge in [-0.25, -0.2) is 9.37 Å². The highest BCUT2D eigenvalue weighted by Crippen LogP contribution is 2.37. The molecule has 6 nitrogen and oxygen atoms in total. The Hall–Kier alpha value is -2.88. The van der Waals surface area contributed by atoms with Crippen LogP contribution in [0.1, 0.15) is 12.0 Å². The molecular formula is C19H15ClF4N4O2. The van der Waals surface area contributed by atoms with Gasteiger partial charge in [-0.1, -0.05) is 17.7 Å². The van der Waals surface area contributed by atoms with Gasteiger partial charge < -0.3 is 9.88 Å². The SMILES string of the molecule is O=C(Cn1cnc2[nH]cc(-c3ccc(C(F)(F)F)c(Cl)c3)c2c1=O)N1CCC(F)C1. The smallest absolute Gasteiger partial charge is 0.345 e. The minimum absolute atomic E-state index is 0.0112. The van der Waals surface area contributed by atoms with Gasteiger partial charge in [0, 0.05) is 18.3 Å². The highest BCUT2D eigenvalue weighted by molar-refractivity contribution is 6.31. The van der Waals surface area contributed by atoms with Crippen molar-refractivity contribution < 1.29 is 22.4 Å². The molecule has 158 valence electrons. The topological polar surface area (TPSA) is 71.0 Å². The standard InChI is InChI=1S/C19H15ClF4N4O2/c20-14-5-10(1-2-13(14)19(22,23)24)12-6-25-17-16(12)18(30)28(9-26-17)8-15(29)27-4-3-11(21)7-27/h1-2,5-6,9,11,25H,3-4,7-8H2. The minimum atomic E-state index is -4.60. The van der Waals surface area contributed by atoms with Gasteiger partial charge >= 0.3 is 6.18 Å². The average Bonchev–Trinajstić information content (AvgIpc) is 3.29. The summed E-state index contributed by atoms with van der Waals surface area (Å²) < 4.78 is 53.3.